The van der Waals surface area contributed by atoms with Gasteiger partial charge in [-0.3, -0.25) is 9.59 Å². The Kier molecular flexibility index (Phi) is 1.61. The minimum atomic E-state index is -0.540. The predicted octanol–water partition coefficient (Wildman–Crippen LogP) is 1.14. The maximum Gasteiger partial charge on any atom is 0.320 e. The Hall–Kier alpha value is -0.900. The van der Waals surface area contributed by atoms with E-state index in [1.54, 1.807) is 0 Å². The van der Waals surface area contributed by atoms with Gasteiger partial charge in [0.25, 0.3) is 0 Å². The number of hydrogen-bond donors (Lipinski definition) is 0. The highest BCUT2D eigenvalue weighted by molar-refractivity contribution is 5.99. The Morgan fingerprint density at radius 1 is 0.938 bits per heavy atom. The molecule has 0 aromatic carbocycles. The van der Waals surface area contributed by atoms with Crippen LogP contribution in [0.4, 0.5) is 0 Å². The molecule has 6 atom stereocenters. The van der Waals surface area contributed by atoms with Gasteiger partial charge in [-0.25, -0.2) is 0 Å². The van der Waals surface area contributed by atoms with Gasteiger partial charge in [-0.15, -0.1) is 0 Å². The smallest absolute Gasteiger partial charge is 0.320 e. The maximum absolute atomic E-state index is 11.7. The number of carbonyl (C=O) groups excluding carboxylic acids is 2. The molecule has 0 aromatic rings. The van der Waals surface area contributed by atoms with Gasteiger partial charge >= 0.3 is 11.9 Å². The average Bonchev–Trinajstić information content (AvgIpc) is 2.68. The van der Waals surface area contributed by atoms with Crippen molar-refractivity contribution in [1.29, 1.82) is 0 Å². The Balaban J connectivity index is 2.17. The van der Waals surface area contributed by atoms with Gasteiger partial charge in [0.2, 0.25) is 0 Å². The topological polar surface area (TPSA) is 52.6 Å². The van der Waals surface area contributed by atoms with E-state index in [4.69, 9.17) is 9.47 Å². The minimum absolute atomic E-state index is 0.261. The number of rotatable bonds is 0. The van der Waals surface area contributed by atoms with Crippen molar-refractivity contribution in [3.63, 3.8) is 0 Å². The molecule has 0 spiro atoms. The van der Waals surface area contributed by atoms with Crippen molar-refractivity contribution in [1.82, 2.24) is 0 Å². The van der Waals surface area contributed by atoms with Crippen LogP contribution in [0.5, 0.6) is 0 Å². The molecule has 3 heterocycles. The number of ether oxygens (including phenoxy) is 2. The summed E-state index contributed by atoms with van der Waals surface area (Å²) in [6.45, 7) is 8.04. The molecule has 16 heavy (non-hydrogen) atoms. The van der Waals surface area contributed by atoms with Crippen molar-refractivity contribution in [3.8, 4) is 0 Å². The molecule has 88 valence electrons. The van der Waals surface area contributed by atoms with Gasteiger partial charge in [-0.2, -0.15) is 0 Å². The molecule has 3 aliphatic heterocycles. The lowest BCUT2D eigenvalue weighted by Gasteiger charge is -2.37. The number of hydrogen-bond acceptors (Lipinski definition) is 4. The molecule has 0 radical (unpaired) electrons. The molecular weight excluding hydrogens is 208 g/mol. The Morgan fingerprint density at radius 2 is 1.31 bits per heavy atom. The molecule has 4 nitrogen and oxygen atoms in total. The SMILES string of the molecule is C[C@@H]1[C@H](C)C2(C)OC1(C)[C@@H]1C(=O)OC(=O)[C@@H]12. The summed E-state index contributed by atoms with van der Waals surface area (Å²) in [7, 11) is 0. The third-order valence-corrected chi connectivity index (χ3v) is 5.28. The van der Waals surface area contributed by atoms with Gasteiger partial charge < -0.3 is 9.47 Å². The number of esters is 2. The molecule has 3 saturated heterocycles. The van der Waals surface area contributed by atoms with Crippen LogP contribution in [-0.4, -0.2) is 23.1 Å². The zero-order valence-electron chi connectivity index (χ0n) is 9.94. The summed E-state index contributed by atoms with van der Waals surface area (Å²) in [6.07, 6.45) is 0. The van der Waals surface area contributed by atoms with Crippen LogP contribution >= 0.6 is 0 Å². The van der Waals surface area contributed by atoms with E-state index in [1.165, 1.54) is 0 Å². The van der Waals surface area contributed by atoms with E-state index in [0.717, 1.165) is 0 Å². The lowest BCUT2D eigenvalue weighted by Crippen LogP contribution is -2.49. The molecule has 0 aliphatic carbocycles. The molecule has 0 saturated carbocycles. The van der Waals surface area contributed by atoms with Gasteiger partial charge in [0.1, 0.15) is 11.8 Å². The van der Waals surface area contributed by atoms with Gasteiger partial charge in [-0.05, 0) is 25.7 Å². The van der Waals surface area contributed by atoms with Gasteiger partial charge in [0.15, 0.2) is 0 Å². The van der Waals surface area contributed by atoms with Crippen LogP contribution in [0.25, 0.3) is 0 Å². The second-order valence-corrected chi connectivity index (χ2v) is 5.74. The van der Waals surface area contributed by atoms with E-state index in [-0.39, 0.29) is 11.8 Å². The van der Waals surface area contributed by atoms with Crippen LogP contribution in [0.15, 0.2) is 0 Å². The van der Waals surface area contributed by atoms with E-state index in [2.05, 4.69) is 13.8 Å². The lowest BCUT2D eigenvalue weighted by molar-refractivity contribution is -0.162. The third kappa shape index (κ3) is 0.796. The highest BCUT2D eigenvalue weighted by Crippen LogP contribution is 2.64. The molecule has 0 amide bonds. The molecule has 4 heteroatoms. The first-order valence-corrected chi connectivity index (χ1v) is 5.78. The van der Waals surface area contributed by atoms with Gasteiger partial charge in [0, 0.05) is 0 Å². The largest absolute Gasteiger partial charge is 0.393 e. The van der Waals surface area contributed by atoms with Crippen molar-refractivity contribution in [3.05, 3.63) is 0 Å². The van der Waals surface area contributed by atoms with Crippen LogP contribution in [-0.2, 0) is 19.1 Å². The van der Waals surface area contributed by atoms with Gasteiger partial charge in [-0.1, -0.05) is 13.8 Å². The van der Waals surface area contributed by atoms with Crippen LogP contribution in [0, 0.1) is 23.7 Å². The fourth-order valence-corrected chi connectivity index (χ4v) is 3.97. The average molecular weight is 224 g/mol. The normalized spacial score (nSPS) is 59.0. The molecule has 2 bridgehead atoms. The van der Waals surface area contributed by atoms with E-state index >= 15 is 0 Å². The number of fused-ring (bicyclic) bond motifs is 5. The van der Waals surface area contributed by atoms with Crippen LogP contribution in [0.2, 0.25) is 0 Å². The van der Waals surface area contributed by atoms with E-state index in [1.807, 2.05) is 13.8 Å². The second kappa shape index (κ2) is 2.50. The Bertz CT molecular complexity index is 368. The Morgan fingerprint density at radius 3 is 1.69 bits per heavy atom. The zero-order chi connectivity index (χ0) is 11.9. The van der Waals surface area contributed by atoms with Crippen molar-refractivity contribution < 1.29 is 19.1 Å². The molecule has 3 fully saturated rings. The van der Waals surface area contributed by atoms with Crippen LogP contribution < -0.4 is 0 Å². The summed E-state index contributed by atoms with van der Waals surface area (Å²) in [5.74, 6) is -1.10. The summed E-state index contributed by atoms with van der Waals surface area (Å²) >= 11 is 0. The zero-order valence-corrected chi connectivity index (χ0v) is 9.94. The molecule has 2 unspecified atom stereocenters. The third-order valence-electron chi connectivity index (χ3n) is 5.28. The monoisotopic (exact) mass is 224 g/mol. The van der Waals surface area contributed by atoms with Crippen molar-refractivity contribution in [2.24, 2.45) is 23.7 Å². The highest BCUT2D eigenvalue weighted by atomic mass is 16.6. The molecular formula is C12H16O4. The summed E-state index contributed by atoms with van der Waals surface area (Å²) in [4.78, 5) is 23.5. The van der Waals surface area contributed by atoms with Crippen LogP contribution in [0.3, 0.4) is 0 Å². The molecule has 0 N–H and O–H groups in total. The first kappa shape index (κ1) is 10.3. The van der Waals surface area contributed by atoms with E-state index in [0.29, 0.717) is 0 Å². The first-order valence-electron chi connectivity index (χ1n) is 5.78. The quantitative estimate of drug-likeness (QED) is 0.457. The lowest BCUT2D eigenvalue weighted by atomic mass is 9.59. The van der Waals surface area contributed by atoms with E-state index in [9.17, 15) is 9.59 Å². The molecule has 3 aliphatic rings. The second-order valence-electron chi connectivity index (χ2n) is 5.74. The Labute approximate surface area is 94.3 Å². The summed E-state index contributed by atoms with van der Waals surface area (Å²) < 4.78 is 10.8. The summed E-state index contributed by atoms with van der Waals surface area (Å²) in [6, 6.07) is 0. The fourth-order valence-electron chi connectivity index (χ4n) is 3.97. The van der Waals surface area contributed by atoms with Crippen molar-refractivity contribution in [2.75, 3.05) is 0 Å². The number of cyclic esters (lactones) is 2. The minimum Gasteiger partial charge on any atom is -0.393 e. The van der Waals surface area contributed by atoms with Crippen molar-refractivity contribution in [2.45, 2.75) is 38.9 Å². The van der Waals surface area contributed by atoms with E-state index < -0.39 is 35.0 Å². The first-order chi connectivity index (χ1) is 7.32. The molecule has 0 aromatic heterocycles. The summed E-state index contributed by atoms with van der Waals surface area (Å²) in [5, 5.41) is 0. The predicted molar refractivity (Wildman–Crippen MR) is 54.3 cm³/mol. The van der Waals surface area contributed by atoms with Crippen molar-refractivity contribution >= 4 is 11.9 Å². The summed E-state index contributed by atoms with van der Waals surface area (Å²) in [5.41, 5.74) is -1.08. The number of carbonyl (C=O) groups is 2. The fraction of sp³-hybridized carbons (Fsp3) is 0.833. The van der Waals surface area contributed by atoms with Crippen LogP contribution in [0.1, 0.15) is 27.7 Å². The highest BCUT2D eigenvalue weighted by Gasteiger charge is 2.76. The maximum atomic E-state index is 11.7. The standard InChI is InChI=1S/C12H16O4/c1-5-6(2)12(4)8-7(11(5,3)16-12)9(13)15-10(8)14/h5-8H,1-4H3/t5-,6+,7+,8-,11?,12?. The van der Waals surface area contributed by atoms with Gasteiger partial charge in [0.05, 0.1) is 11.2 Å². The molecule has 3 rings (SSSR count).